The predicted octanol–water partition coefficient (Wildman–Crippen LogP) is 5.04. The van der Waals surface area contributed by atoms with E-state index in [1.54, 1.807) is 0 Å². The minimum absolute atomic E-state index is 0.0403. The van der Waals surface area contributed by atoms with Gasteiger partial charge in [-0.25, -0.2) is 0 Å². The summed E-state index contributed by atoms with van der Waals surface area (Å²) in [5.41, 5.74) is -0.222. The maximum Gasteiger partial charge on any atom is 0.164 e. The van der Waals surface area contributed by atoms with Crippen LogP contribution < -0.4 is 0 Å². The van der Waals surface area contributed by atoms with Gasteiger partial charge in [0.05, 0.1) is 0 Å². The molecule has 2 nitrogen and oxygen atoms in total. The average molecular weight is 266 g/mol. The van der Waals surface area contributed by atoms with Crippen LogP contribution in [0.5, 0.6) is 0 Å². The molecule has 1 N–H and O–H groups in total. The molecule has 1 saturated carbocycles. The molecule has 0 aromatic rings. The van der Waals surface area contributed by atoms with E-state index in [2.05, 4.69) is 20.8 Å². The SMILES string of the molecule is CCC(C)(C)C(=O)/C=C(\O)C1(C)CCC(C)(C)CC1. The average Bonchev–Trinajstić information content (AvgIpc) is 2.33. The van der Waals surface area contributed by atoms with Crippen molar-refractivity contribution in [3.63, 3.8) is 0 Å². The normalized spacial score (nSPS) is 23.2. The molecule has 1 fully saturated rings. The number of aliphatic hydroxyl groups excluding tert-OH is 1. The molecule has 1 rings (SSSR count). The molecule has 1 aliphatic carbocycles. The summed E-state index contributed by atoms with van der Waals surface area (Å²) in [5, 5.41) is 10.4. The zero-order chi connectivity index (χ0) is 14.9. The van der Waals surface area contributed by atoms with Crippen LogP contribution in [-0.4, -0.2) is 10.9 Å². The lowest BCUT2D eigenvalue weighted by atomic mass is 9.65. The smallest absolute Gasteiger partial charge is 0.164 e. The molecule has 0 unspecified atom stereocenters. The molecule has 0 aromatic carbocycles. The van der Waals surface area contributed by atoms with E-state index in [-0.39, 0.29) is 22.4 Å². The Bertz CT molecular complexity index is 365. The fraction of sp³-hybridized carbons (Fsp3) is 0.824. The Morgan fingerprint density at radius 1 is 1.16 bits per heavy atom. The first-order valence-electron chi connectivity index (χ1n) is 7.48. The van der Waals surface area contributed by atoms with Gasteiger partial charge in [0.15, 0.2) is 5.78 Å². The predicted molar refractivity (Wildman–Crippen MR) is 80.1 cm³/mol. The highest BCUT2D eigenvalue weighted by atomic mass is 16.3. The first-order chi connectivity index (χ1) is 8.52. The molecule has 0 aromatic heterocycles. The quantitative estimate of drug-likeness (QED) is 0.571. The molecule has 0 saturated heterocycles. The van der Waals surface area contributed by atoms with Gasteiger partial charge in [0.1, 0.15) is 5.76 Å². The fourth-order valence-corrected chi connectivity index (χ4v) is 2.40. The molecule has 0 heterocycles. The van der Waals surface area contributed by atoms with Crippen molar-refractivity contribution in [1.82, 2.24) is 0 Å². The van der Waals surface area contributed by atoms with Gasteiger partial charge in [-0.3, -0.25) is 4.79 Å². The van der Waals surface area contributed by atoms with Crippen molar-refractivity contribution in [3.8, 4) is 0 Å². The molecule has 1 aliphatic rings. The van der Waals surface area contributed by atoms with E-state index in [0.29, 0.717) is 5.41 Å². The number of aliphatic hydroxyl groups is 1. The van der Waals surface area contributed by atoms with Crippen molar-refractivity contribution >= 4 is 5.78 Å². The molecule has 19 heavy (non-hydrogen) atoms. The van der Waals surface area contributed by atoms with Crippen LogP contribution in [0.15, 0.2) is 11.8 Å². The van der Waals surface area contributed by atoms with E-state index < -0.39 is 0 Å². The van der Waals surface area contributed by atoms with E-state index in [0.717, 1.165) is 32.1 Å². The fourth-order valence-electron chi connectivity index (χ4n) is 2.40. The van der Waals surface area contributed by atoms with Crippen molar-refractivity contribution in [2.75, 3.05) is 0 Å². The van der Waals surface area contributed by atoms with Gasteiger partial charge < -0.3 is 5.11 Å². The van der Waals surface area contributed by atoms with E-state index >= 15 is 0 Å². The van der Waals surface area contributed by atoms with Crippen molar-refractivity contribution in [1.29, 1.82) is 0 Å². The van der Waals surface area contributed by atoms with Crippen LogP contribution in [0.1, 0.15) is 73.6 Å². The molecule has 0 amide bonds. The Morgan fingerprint density at radius 3 is 2.05 bits per heavy atom. The van der Waals surface area contributed by atoms with Crippen LogP contribution >= 0.6 is 0 Å². The third-order valence-electron chi connectivity index (χ3n) is 5.14. The summed E-state index contributed by atoms with van der Waals surface area (Å²) < 4.78 is 0. The van der Waals surface area contributed by atoms with E-state index in [9.17, 15) is 9.90 Å². The van der Waals surface area contributed by atoms with Crippen LogP contribution in [0.2, 0.25) is 0 Å². The highest BCUT2D eigenvalue weighted by Crippen LogP contribution is 2.48. The summed E-state index contributed by atoms with van der Waals surface area (Å²) in [6.07, 6.45) is 6.41. The molecule has 0 aliphatic heterocycles. The van der Waals surface area contributed by atoms with Crippen LogP contribution in [0.25, 0.3) is 0 Å². The van der Waals surface area contributed by atoms with Crippen molar-refractivity contribution in [2.24, 2.45) is 16.2 Å². The van der Waals surface area contributed by atoms with Gasteiger partial charge in [0, 0.05) is 16.9 Å². The van der Waals surface area contributed by atoms with Gasteiger partial charge in [-0.05, 0) is 37.5 Å². The van der Waals surface area contributed by atoms with Crippen molar-refractivity contribution in [2.45, 2.75) is 73.6 Å². The number of rotatable bonds is 4. The van der Waals surface area contributed by atoms with Gasteiger partial charge in [0.2, 0.25) is 0 Å². The zero-order valence-electron chi connectivity index (χ0n) is 13.5. The summed E-state index contributed by atoms with van der Waals surface area (Å²) >= 11 is 0. The third kappa shape index (κ3) is 3.84. The Kier molecular flexibility index (Phi) is 4.54. The maximum atomic E-state index is 12.2. The first kappa shape index (κ1) is 16.3. The van der Waals surface area contributed by atoms with E-state index in [1.807, 2.05) is 20.8 Å². The van der Waals surface area contributed by atoms with Gasteiger partial charge in [0.25, 0.3) is 0 Å². The Morgan fingerprint density at radius 2 is 1.63 bits per heavy atom. The number of hydrogen-bond acceptors (Lipinski definition) is 2. The standard InChI is InChI=1S/C17H30O2/c1-7-16(4,5)13(18)12-14(19)17(6)10-8-15(2,3)9-11-17/h12,19H,7-11H2,1-6H3/b14-12-. The number of hydrogen-bond donors (Lipinski definition) is 1. The number of carbonyl (C=O) groups excluding carboxylic acids is 1. The summed E-state index contributed by atoms with van der Waals surface area (Å²) in [7, 11) is 0. The minimum Gasteiger partial charge on any atom is -0.512 e. The lowest BCUT2D eigenvalue weighted by Crippen LogP contribution is -2.31. The van der Waals surface area contributed by atoms with Crippen LogP contribution in [0.4, 0.5) is 0 Å². The van der Waals surface area contributed by atoms with Crippen molar-refractivity contribution in [3.05, 3.63) is 11.8 Å². The van der Waals surface area contributed by atoms with Gasteiger partial charge >= 0.3 is 0 Å². The lowest BCUT2D eigenvalue weighted by molar-refractivity contribution is -0.122. The topological polar surface area (TPSA) is 37.3 Å². The molecule has 0 bridgehead atoms. The van der Waals surface area contributed by atoms with Gasteiger partial charge in [-0.1, -0.05) is 41.5 Å². The summed E-state index contributed by atoms with van der Waals surface area (Å²) in [4.78, 5) is 12.2. The van der Waals surface area contributed by atoms with Gasteiger partial charge in [-0.2, -0.15) is 0 Å². The Balaban J connectivity index is 2.83. The van der Waals surface area contributed by atoms with Crippen LogP contribution in [0, 0.1) is 16.2 Å². The number of carbonyl (C=O) groups is 1. The molecule has 0 spiro atoms. The zero-order valence-corrected chi connectivity index (χ0v) is 13.5. The monoisotopic (exact) mass is 266 g/mol. The summed E-state index contributed by atoms with van der Waals surface area (Å²) in [5.74, 6) is 0.327. The molecule has 0 radical (unpaired) electrons. The minimum atomic E-state index is -0.377. The van der Waals surface area contributed by atoms with Crippen molar-refractivity contribution < 1.29 is 9.90 Å². The Hall–Kier alpha value is -0.790. The van der Waals surface area contributed by atoms with E-state index in [1.165, 1.54) is 6.08 Å². The lowest BCUT2D eigenvalue weighted by Gasteiger charge is -2.41. The highest BCUT2D eigenvalue weighted by molar-refractivity contribution is 5.94. The molecule has 110 valence electrons. The molecular weight excluding hydrogens is 236 g/mol. The van der Waals surface area contributed by atoms with Gasteiger partial charge in [-0.15, -0.1) is 0 Å². The molecular formula is C17H30O2. The maximum absolute atomic E-state index is 12.2. The Labute approximate surface area is 118 Å². The summed E-state index contributed by atoms with van der Waals surface area (Å²) in [6.45, 7) is 12.5. The molecule has 0 atom stereocenters. The second kappa shape index (κ2) is 5.30. The number of allylic oxidation sites excluding steroid dienone is 2. The number of ketones is 1. The third-order valence-corrected chi connectivity index (χ3v) is 5.14. The van der Waals surface area contributed by atoms with E-state index in [4.69, 9.17) is 0 Å². The van der Waals surface area contributed by atoms with Crippen LogP contribution in [0.3, 0.4) is 0 Å². The largest absolute Gasteiger partial charge is 0.512 e. The second-order valence-corrected chi connectivity index (χ2v) is 7.86. The second-order valence-electron chi connectivity index (χ2n) is 7.86. The van der Waals surface area contributed by atoms with Crippen LogP contribution in [-0.2, 0) is 4.79 Å². The molecule has 2 heteroatoms. The summed E-state index contributed by atoms with van der Waals surface area (Å²) in [6, 6.07) is 0. The highest BCUT2D eigenvalue weighted by Gasteiger charge is 2.38. The first-order valence-corrected chi connectivity index (χ1v) is 7.48.